The van der Waals surface area contributed by atoms with Crippen LogP contribution in [0.5, 0.6) is 0 Å². The van der Waals surface area contributed by atoms with Crippen LogP contribution in [0, 0.1) is 0 Å². The molecule has 7 nitrogen and oxygen atoms in total. The molecule has 0 spiro atoms. The molecule has 0 radical (unpaired) electrons. The fourth-order valence-corrected chi connectivity index (χ4v) is 4.63. The van der Waals surface area contributed by atoms with Crippen LogP contribution in [-0.4, -0.2) is 54.9 Å². The molecule has 1 fully saturated rings. The molecule has 3 aromatic rings. The van der Waals surface area contributed by atoms with Gasteiger partial charge in [-0.25, -0.2) is 19.2 Å². The lowest BCUT2D eigenvalue weighted by Gasteiger charge is -2.28. The Balaban J connectivity index is 1.51. The van der Waals surface area contributed by atoms with Crippen molar-refractivity contribution in [2.75, 3.05) is 46.7 Å². The number of alkyl halides is 1. The van der Waals surface area contributed by atoms with E-state index in [1.54, 1.807) is 17.2 Å². The zero-order chi connectivity index (χ0) is 23.7. The van der Waals surface area contributed by atoms with Crippen molar-refractivity contribution >= 4 is 29.0 Å². The number of urea groups is 1. The number of carbonyl (C=O) groups is 1. The first kappa shape index (κ1) is 22.1. The van der Waals surface area contributed by atoms with Gasteiger partial charge in [0.25, 0.3) is 0 Å². The van der Waals surface area contributed by atoms with Gasteiger partial charge in [-0.3, -0.25) is 10.2 Å². The highest BCUT2D eigenvalue weighted by molar-refractivity contribution is 6.03. The molecule has 0 saturated carbocycles. The van der Waals surface area contributed by atoms with Gasteiger partial charge in [-0.15, -0.1) is 0 Å². The lowest BCUT2D eigenvalue weighted by Crippen LogP contribution is -2.42. The second kappa shape index (κ2) is 9.29. The van der Waals surface area contributed by atoms with Gasteiger partial charge in [0, 0.05) is 50.2 Å². The molecule has 5 rings (SSSR count). The van der Waals surface area contributed by atoms with Crippen LogP contribution in [0.2, 0.25) is 0 Å². The quantitative estimate of drug-likeness (QED) is 0.599. The van der Waals surface area contributed by atoms with Crippen molar-refractivity contribution in [1.29, 1.82) is 0 Å². The topological polar surface area (TPSA) is 64.6 Å². The zero-order valence-corrected chi connectivity index (χ0v) is 19.5. The maximum absolute atomic E-state index is 13.8. The monoisotopic (exact) mass is 460 g/mol. The van der Waals surface area contributed by atoms with E-state index in [0.717, 1.165) is 35.6 Å². The van der Waals surface area contributed by atoms with Crippen LogP contribution in [0.25, 0.3) is 11.3 Å². The Labute approximate surface area is 199 Å². The molecule has 2 amide bonds. The Hall–Kier alpha value is -3.68. The maximum Gasteiger partial charge on any atom is 0.328 e. The fraction of sp³-hybridized carbons (Fsp3) is 0.346. The highest BCUT2D eigenvalue weighted by Gasteiger charge is 2.31. The Kier molecular flexibility index (Phi) is 6.04. The molecule has 1 aromatic carbocycles. The molecule has 34 heavy (non-hydrogen) atoms. The van der Waals surface area contributed by atoms with Gasteiger partial charge < -0.3 is 9.80 Å². The summed E-state index contributed by atoms with van der Waals surface area (Å²) in [5.74, 6) is 1.12. The second-order valence-electron chi connectivity index (χ2n) is 9.00. The van der Waals surface area contributed by atoms with Crippen molar-refractivity contribution in [3.63, 3.8) is 0 Å². The molecule has 0 aliphatic carbocycles. The summed E-state index contributed by atoms with van der Waals surface area (Å²) in [6.45, 7) is 3.99. The number of hydrogen-bond donors (Lipinski definition) is 1. The number of anilines is 4. The van der Waals surface area contributed by atoms with Crippen molar-refractivity contribution in [2.24, 2.45) is 0 Å². The number of nitrogens with zero attached hydrogens (tertiary/aromatic N) is 5. The maximum atomic E-state index is 13.8. The molecule has 2 aliphatic rings. The van der Waals surface area contributed by atoms with Gasteiger partial charge >= 0.3 is 6.03 Å². The molecular formula is C26H29FN6O. The van der Waals surface area contributed by atoms with E-state index < -0.39 is 6.17 Å². The molecule has 1 saturated heterocycles. The summed E-state index contributed by atoms with van der Waals surface area (Å²) >= 11 is 0. The van der Waals surface area contributed by atoms with Crippen LogP contribution in [0.15, 0.2) is 60.8 Å². The van der Waals surface area contributed by atoms with E-state index in [1.807, 2.05) is 56.4 Å². The van der Waals surface area contributed by atoms with E-state index in [2.05, 4.69) is 26.2 Å². The summed E-state index contributed by atoms with van der Waals surface area (Å²) in [5, 5.41) is 2.91. The van der Waals surface area contributed by atoms with Crippen LogP contribution in [-0.2, 0) is 0 Å². The number of pyridine rings is 2. The molecule has 0 unspecified atom stereocenters. The lowest BCUT2D eigenvalue weighted by atomic mass is 10.1. The first-order valence-electron chi connectivity index (χ1n) is 11.7. The first-order valence-corrected chi connectivity index (χ1v) is 11.7. The van der Waals surface area contributed by atoms with E-state index in [0.29, 0.717) is 31.1 Å². The van der Waals surface area contributed by atoms with Gasteiger partial charge in [0.2, 0.25) is 0 Å². The fourth-order valence-electron chi connectivity index (χ4n) is 4.63. The number of carbonyl (C=O) groups excluding carboxylic acids is 1. The number of rotatable bonds is 3. The molecule has 2 atom stereocenters. The van der Waals surface area contributed by atoms with Crippen LogP contribution in [0.3, 0.4) is 0 Å². The van der Waals surface area contributed by atoms with E-state index >= 15 is 0 Å². The number of halogens is 1. The highest BCUT2D eigenvalue weighted by atomic mass is 19.1. The average Bonchev–Trinajstić information content (AvgIpc) is 3.24. The number of aromatic nitrogens is 2. The van der Waals surface area contributed by atoms with Crippen LogP contribution in [0.4, 0.5) is 32.2 Å². The minimum Gasteiger partial charge on any atom is -0.372 e. The minimum atomic E-state index is -0.780. The summed E-state index contributed by atoms with van der Waals surface area (Å²) in [5.41, 5.74) is 3.60. The van der Waals surface area contributed by atoms with Crippen molar-refractivity contribution in [3.8, 4) is 11.3 Å². The zero-order valence-electron chi connectivity index (χ0n) is 19.5. The Morgan fingerprint density at radius 1 is 1.09 bits per heavy atom. The molecule has 0 bridgehead atoms. The number of hydrogen-bond acceptors (Lipinski definition) is 5. The molecule has 4 heterocycles. The van der Waals surface area contributed by atoms with Gasteiger partial charge in [-0.1, -0.05) is 18.2 Å². The first-order chi connectivity index (χ1) is 16.5. The van der Waals surface area contributed by atoms with E-state index in [4.69, 9.17) is 4.98 Å². The predicted octanol–water partition coefficient (Wildman–Crippen LogP) is 4.96. The van der Waals surface area contributed by atoms with Crippen molar-refractivity contribution < 1.29 is 9.18 Å². The van der Waals surface area contributed by atoms with Gasteiger partial charge in [-0.05, 0) is 56.2 Å². The third-order valence-electron chi connectivity index (χ3n) is 6.57. The number of fused-ring (bicyclic) bond motifs is 1. The van der Waals surface area contributed by atoms with E-state index in [1.165, 1.54) is 0 Å². The Bertz CT molecular complexity index is 1170. The third-order valence-corrected chi connectivity index (χ3v) is 6.57. The second-order valence-corrected chi connectivity index (χ2v) is 9.00. The lowest BCUT2D eigenvalue weighted by molar-refractivity contribution is 0.255. The summed E-state index contributed by atoms with van der Waals surface area (Å²) in [7, 11) is 2.02. The number of benzene rings is 1. The average molecular weight is 461 g/mol. The van der Waals surface area contributed by atoms with Crippen molar-refractivity contribution in [3.05, 3.63) is 60.8 Å². The molecule has 1 N–H and O–H groups in total. The van der Waals surface area contributed by atoms with Gasteiger partial charge in [0.1, 0.15) is 12.0 Å². The van der Waals surface area contributed by atoms with Crippen molar-refractivity contribution in [1.82, 2.24) is 9.97 Å². The van der Waals surface area contributed by atoms with Crippen LogP contribution in [0.1, 0.15) is 19.8 Å². The summed E-state index contributed by atoms with van der Waals surface area (Å²) in [6.07, 6.45) is 2.24. The number of amides is 2. The smallest absolute Gasteiger partial charge is 0.328 e. The largest absolute Gasteiger partial charge is 0.372 e. The Morgan fingerprint density at radius 3 is 2.74 bits per heavy atom. The molecule has 2 aliphatic heterocycles. The third kappa shape index (κ3) is 4.40. The molecule has 2 aromatic heterocycles. The highest BCUT2D eigenvalue weighted by Crippen LogP contribution is 2.36. The van der Waals surface area contributed by atoms with Crippen molar-refractivity contribution in [2.45, 2.75) is 32.0 Å². The molecule has 8 heteroatoms. The summed E-state index contributed by atoms with van der Waals surface area (Å²) in [4.78, 5) is 28.5. The Morgan fingerprint density at radius 2 is 1.97 bits per heavy atom. The van der Waals surface area contributed by atoms with Crippen LogP contribution >= 0.6 is 0 Å². The summed E-state index contributed by atoms with van der Waals surface area (Å²) in [6, 6.07) is 17.2. The predicted molar refractivity (Wildman–Crippen MR) is 134 cm³/mol. The van der Waals surface area contributed by atoms with Gasteiger partial charge in [0.15, 0.2) is 5.82 Å². The van der Waals surface area contributed by atoms with Crippen LogP contribution < -0.4 is 20.0 Å². The standard InChI is InChI=1S/C26H29FN6O/c1-18-11-14-31(2)23-10-9-22(19-6-5-7-21(16-19)32-15-12-20(27)17-32)29-25(23)33(18)26(34)30-24-8-3-4-13-28-24/h3-10,13,16,18,20H,11-12,14-15,17H2,1-2H3,(H,28,30,34)/t18-,20-/m1/s1. The SMILES string of the molecule is C[C@@H]1CCN(C)c2ccc(-c3cccc(N4CC[C@@H](F)C4)c3)nc2N1C(=O)Nc1ccccn1. The minimum absolute atomic E-state index is 0.0485. The van der Waals surface area contributed by atoms with E-state index in [-0.39, 0.29) is 12.1 Å². The normalized spacial score (nSPS) is 20.1. The summed E-state index contributed by atoms with van der Waals surface area (Å²) < 4.78 is 13.8. The van der Waals surface area contributed by atoms with Gasteiger partial charge in [-0.2, -0.15) is 0 Å². The van der Waals surface area contributed by atoms with E-state index in [9.17, 15) is 9.18 Å². The molecular weight excluding hydrogens is 431 g/mol. The number of nitrogens with one attached hydrogen (secondary N) is 1. The molecule has 176 valence electrons. The van der Waals surface area contributed by atoms with Gasteiger partial charge in [0.05, 0.1) is 11.4 Å².